The van der Waals surface area contributed by atoms with Crippen molar-refractivity contribution in [2.45, 2.75) is 46.2 Å². The fourth-order valence-electron chi connectivity index (χ4n) is 2.11. The molecular formula is C13H27N3O. The molecule has 2 unspecified atom stereocenters. The molecule has 100 valence electrons. The van der Waals surface area contributed by atoms with Gasteiger partial charge < -0.3 is 10.6 Å². The van der Waals surface area contributed by atoms with Gasteiger partial charge in [-0.05, 0) is 26.2 Å². The Morgan fingerprint density at radius 2 is 2.18 bits per heavy atom. The van der Waals surface area contributed by atoms with Gasteiger partial charge in [-0.2, -0.15) is 0 Å². The van der Waals surface area contributed by atoms with E-state index in [1.165, 1.54) is 0 Å². The lowest BCUT2D eigenvalue weighted by Gasteiger charge is -2.35. The molecule has 1 rings (SSSR count). The van der Waals surface area contributed by atoms with Crippen molar-refractivity contribution in [3.05, 3.63) is 0 Å². The maximum absolute atomic E-state index is 12.0. The number of amides is 1. The molecule has 17 heavy (non-hydrogen) atoms. The Balaban J connectivity index is 2.30. The summed E-state index contributed by atoms with van der Waals surface area (Å²) in [5.74, 6) is 0.810. The lowest BCUT2D eigenvalue weighted by Crippen LogP contribution is -2.55. The first-order valence-corrected chi connectivity index (χ1v) is 6.76. The van der Waals surface area contributed by atoms with E-state index in [1.807, 2.05) is 6.92 Å². The second kappa shape index (κ2) is 6.97. The molecule has 2 N–H and O–H groups in total. The number of carbonyl (C=O) groups excluding carboxylic acids is 1. The standard InChI is InChI=1S/C13H27N3O/c1-10(2)5-6-15-13(17)12(4)16-8-7-14-11(3)9-16/h10-12,14H,5-9H2,1-4H3,(H,15,17). The van der Waals surface area contributed by atoms with Crippen LogP contribution in [0.5, 0.6) is 0 Å². The molecule has 0 radical (unpaired) electrons. The van der Waals surface area contributed by atoms with Gasteiger partial charge in [0.25, 0.3) is 0 Å². The minimum Gasteiger partial charge on any atom is -0.355 e. The van der Waals surface area contributed by atoms with Gasteiger partial charge in [-0.1, -0.05) is 13.8 Å². The Morgan fingerprint density at radius 3 is 2.76 bits per heavy atom. The van der Waals surface area contributed by atoms with Gasteiger partial charge >= 0.3 is 0 Å². The first-order valence-electron chi connectivity index (χ1n) is 6.76. The number of rotatable bonds is 5. The highest BCUT2D eigenvalue weighted by molar-refractivity contribution is 5.81. The summed E-state index contributed by atoms with van der Waals surface area (Å²) in [7, 11) is 0. The summed E-state index contributed by atoms with van der Waals surface area (Å²) in [5, 5.41) is 6.42. The quantitative estimate of drug-likeness (QED) is 0.749. The number of carbonyl (C=O) groups is 1. The molecule has 4 heteroatoms. The van der Waals surface area contributed by atoms with E-state index in [4.69, 9.17) is 0 Å². The van der Waals surface area contributed by atoms with Crippen molar-refractivity contribution < 1.29 is 4.79 Å². The monoisotopic (exact) mass is 241 g/mol. The van der Waals surface area contributed by atoms with Crippen LogP contribution in [0.3, 0.4) is 0 Å². The third-order valence-electron chi connectivity index (χ3n) is 3.35. The Labute approximate surface area is 105 Å². The zero-order valence-corrected chi connectivity index (χ0v) is 11.6. The fraction of sp³-hybridized carbons (Fsp3) is 0.923. The second-order valence-corrected chi connectivity index (χ2v) is 5.50. The Bertz CT molecular complexity index is 243. The van der Waals surface area contributed by atoms with E-state index in [0.29, 0.717) is 12.0 Å². The number of hydrogen-bond donors (Lipinski definition) is 2. The highest BCUT2D eigenvalue weighted by Crippen LogP contribution is 2.05. The molecule has 1 saturated heterocycles. The van der Waals surface area contributed by atoms with E-state index < -0.39 is 0 Å². The van der Waals surface area contributed by atoms with Crippen molar-refractivity contribution in [1.82, 2.24) is 15.5 Å². The molecule has 0 spiro atoms. The molecule has 2 atom stereocenters. The van der Waals surface area contributed by atoms with Gasteiger partial charge in [0, 0.05) is 32.2 Å². The zero-order valence-electron chi connectivity index (χ0n) is 11.6. The van der Waals surface area contributed by atoms with Crippen LogP contribution in [0, 0.1) is 5.92 Å². The van der Waals surface area contributed by atoms with Crippen LogP contribution in [-0.2, 0) is 4.79 Å². The van der Waals surface area contributed by atoms with Crippen molar-refractivity contribution >= 4 is 5.91 Å². The maximum Gasteiger partial charge on any atom is 0.237 e. The molecule has 1 amide bonds. The highest BCUT2D eigenvalue weighted by Gasteiger charge is 2.24. The van der Waals surface area contributed by atoms with Crippen LogP contribution in [-0.4, -0.2) is 49.1 Å². The van der Waals surface area contributed by atoms with Crippen LogP contribution in [0.2, 0.25) is 0 Å². The Kier molecular flexibility index (Phi) is 5.92. The molecule has 1 heterocycles. The van der Waals surface area contributed by atoms with E-state index in [1.54, 1.807) is 0 Å². The molecule has 0 aromatic heterocycles. The summed E-state index contributed by atoms with van der Waals surface area (Å²) in [6.07, 6.45) is 1.05. The van der Waals surface area contributed by atoms with Crippen LogP contribution < -0.4 is 10.6 Å². The van der Waals surface area contributed by atoms with Gasteiger partial charge in [0.1, 0.15) is 0 Å². The third kappa shape index (κ3) is 5.04. The SMILES string of the molecule is CC(C)CCNC(=O)C(C)N1CCNC(C)C1. The van der Waals surface area contributed by atoms with E-state index in [-0.39, 0.29) is 11.9 Å². The lowest BCUT2D eigenvalue weighted by atomic mass is 10.1. The van der Waals surface area contributed by atoms with Crippen LogP contribution in [0.1, 0.15) is 34.1 Å². The average molecular weight is 241 g/mol. The van der Waals surface area contributed by atoms with E-state index in [9.17, 15) is 4.79 Å². The molecule has 1 fully saturated rings. The van der Waals surface area contributed by atoms with Crippen molar-refractivity contribution in [3.8, 4) is 0 Å². The van der Waals surface area contributed by atoms with Crippen molar-refractivity contribution in [3.63, 3.8) is 0 Å². The largest absolute Gasteiger partial charge is 0.355 e. The van der Waals surface area contributed by atoms with Gasteiger partial charge in [0.2, 0.25) is 5.91 Å². The molecule has 0 aromatic rings. The van der Waals surface area contributed by atoms with Crippen molar-refractivity contribution in [2.24, 2.45) is 5.92 Å². The van der Waals surface area contributed by atoms with Crippen LogP contribution in [0.25, 0.3) is 0 Å². The van der Waals surface area contributed by atoms with Crippen LogP contribution in [0.15, 0.2) is 0 Å². The topological polar surface area (TPSA) is 44.4 Å². The van der Waals surface area contributed by atoms with Crippen LogP contribution >= 0.6 is 0 Å². The van der Waals surface area contributed by atoms with Crippen molar-refractivity contribution in [1.29, 1.82) is 0 Å². The zero-order chi connectivity index (χ0) is 12.8. The molecule has 0 aromatic carbocycles. The van der Waals surface area contributed by atoms with Gasteiger partial charge in [-0.15, -0.1) is 0 Å². The molecule has 1 aliphatic heterocycles. The fourth-order valence-corrected chi connectivity index (χ4v) is 2.11. The van der Waals surface area contributed by atoms with Gasteiger partial charge in [0.05, 0.1) is 6.04 Å². The van der Waals surface area contributed by atoms with E-state index in [2.05, 4.69) is 36.3 Å². The lowest BCUT2D eigenvalue weighted by molar-refractivity contribution is -0.126. The Morgan fingerprint density at radius 1 is 1.47 bits per heavy atom. The normalized spacial score (nSPS) is 23.7. The molecular weight excluding hydrogens is 214 g/mol. The highest BCUT2D eigenvalue weighted by atomic mass is 16.2. The van der Waals surface area contributed by atoms with E-state index in [0.717, 1.165) is 32.6 Å². The summed E-state index contributed by atoms with van der Waals surface area (Å²) in [4.78, 5) is 14.2. The smallest absolute Gasteiger partial charge is 0.237 e. The molecule has 4 nitrogen and oxygen atoms in total. The predicted octanol–water partition coefficient (Wildman–Crippen LogP) is 0.831. The molecule has 0 bridgehead atoms. The first kappa shape index (κ1) is 14.5. The number of nitrogens with zero attached hydrogens (tertiary/aromatic N) is 1. The minimum atomic E-state index is -0.00767. The number of piperazine rings is 1. The van der Waals surface area contributed by atoms with Crippen molar-refractivity contribution in [2.75, 3.05) is 26.2 Å². The average Bonchev–Trinajstić information content (AvgIpc) is 2.27. The number of nitrogens with one attached hydrogen (secondary N) is 2. The predicted molar refractivity (Wildman–Crippen MR) is 71.0 cm³/mol. The Hall–Kier alpha value is -0.610. The summed E-state index contributed by atoms with van der Waals surface area (Å²) < 4.78 is 0. The first-order chi connectivity index (χ1) is 8.00. The molecule has 1 aliphatic rings. The van der Waals surface area contributed by atoms with Gasteiger partial charge in [0.15, 0.2) is 0 Å². The van der Waals surface area contributed by atoms with Gasteiger partial charge in [-0.3, -0.25) is 9.69 Å². The maximum atomic E-state index is 12.0. The van der Waals surface area contributed by atoms with E-state index >= 15 is 0 Å². The van der Waals surface area contributed by atoms with Gasteiger partial charge in [-0.25, -0.2) is 0 Å². The molecule has 0 aliphatic carbocycles. The summed E-state index contributed by atoms with van der Waals surface area (Å²) in [5.41, 5.74) is 0. The number of hydrogen-bond acceptors (Lipinski definition) is 3. The summed E-state index contributed by atoms with van der Waals surface area (Å²) >= 11 is 0. The summed E-state index contributed by atoms with van der Waals surface area (Å²) in [6.45, 7) is 12.2. The summed E-state index contributed by atoms with van der Waals surface area (Å²) in [6, 6.07) is 0.473. The third-order valence-corrected chi connectivity index (χ3v) is 3.35. The second-order valence-electron chi connectivity index (χ2n) is 5.50. The molecule has 0 saturated carbocycles. The minimum absolute atomic E-state index is 0.00767. The van der Waals surface area contributed by atoms with Crippen LogP contribution in [0.4, 0.5) is 0 Å².